The molecule has 0 radical (unpaired) electrons. The number of fused-ring (bicyclic) bond motifs is 3. The maximum Gasteiger partial charge on any atom is 0.243 e. The molecule has 1 aliphatic rings. The summed E-state index contributed by atoms with van der Waals surface area (Å²) in [5.74, 6) is 0. The molecule has 8 heteroatoms. The number of pyridine rings is 1. The Morgan fingerprint density at radius 2 is 2.13 bits per heavy atom. The molecule has 118 valence electrons. The predicted octanol–water partition coefficient (Wildman–Crippen LogP) is 2.36. The lowest BCUT2D eigenvalue weighted by atomic mass is 10.0. The number of nitrogens with zero attached hydrogens (tertiary/aromatic N) is 3. The molecule has 23 heavy (non-hydrogen) atoms. The molecule has 1 N–H and O–H groups in total. The van der Waals surface area contributed by atoms with Crippen LogP contribution in [0.3, 0.4) is 0 Å². The van der Waals surface area contributed by atoms with Gasteiger partial charge in [-0.3, -0.25) is 5.10 Å². The first-order chi connectivity index (χ1) is 11.1. The Kier molecular flexibility index (Phi) is 3.37. The van der Waals surface area contributed by atoms with Crippen LogP contribution in [0.2, 0.25) is 5.02 Å². The molecule has 3 heterocycles. The molecule has 0 unspecified atom stereocenters. The summed E-state index contributed by atoms with van der Waals surface area (Å²) >= 11 is 5.92. The van der Waals surface area contributed by atoms with E-state index in [0.29, 0.717) is 24.5 Å². The van der Waals surface area contributed by atoms with Crippen molar-refractivity contribution in [3.8, 4) is 0 Å². The highest BCUT2D eigenvalue weighted by atomic mass is 35.5. The van der Waals surface area contributed by atoms with Gasteiger partial charge in [-0.2, -0.15) is 9.40 Å². The van der Waals surface area contributed by atoms with Crippen LogP contribution < -0.4 is 0 Å². The van der Waals surface area contributed by atoms with Gasteiger partial charge in [-0.05, 0) is 35.7 Å². The summed E-state index contributed by atoms with van der Waals surface area (Å²) in [6.45, 7) is 0.727. The Morgan fingerprint density at radius 3 is 2.96 bits per heavy atom. The molecule has 0 bridgehead atoms. The summed E-state index contributed by atoms with van der Waals surface area (Å²) in [4.78, 5) is 4.51. The van der Waals surface area contributed by atoms with E-state index in [9.17, 15) is 8.42 Å². The topological polar surface area (TPSA) is 79.0 Å². The van der Waals surface area contributed by atoms with Gasteiger partial charge in [0.05, 0.1) is 11.1 Å². The predicted molar refractivity (Wildman–Crippen MR) is 86.6 cm³/mol. The Bertz CT molecular complexity index is 1000. The van der Waals surface area contributed by atoms with Crippen molar-refractivity contribution in [2.45, 2.75) is 17.9 Å². The van der Waals surface area contributed by atoms with Gasteiger partial charge in [-0.15, -0.1) is 0 Å². The number of aromatic nitrogens is 3. The third-order valence-electron chi connectivity index (χ3n) is 4.07. The van der Waals surface area contributed by atoms with Crippen molar-refractivity contribution >= 4 is 32.7 Å². The maximum atomic E-state index is 12.8. The van der Waals surface area contributed by atoms with Gasteiger partial charge in [-0.1, -0.05) is 17.7 Å². The molecule has 2 aromatic heterocycles. The van der Waals surface area contributed by atoms with Gasteiger partial charge in [0.15, 0.2) is 5.65 Å². The van der Waals surface area contributed by atoms with E-state index in [1.807, 2.05) is 0 Å². The van der Waals surface area contributed by atoms with Gasteiger partial charge in [-0.25, -0.2) is 13.4 Å². The lowest BCUT2D eigenvalue weighted by Gasteiger charge is -2.28. The van der Waals surface area contributed by atoms with Crippen molar-refractivity contribution in [2.75, 3.05) is 6.54 Å². The highest BCUT2D eigenvalue weighted by Crippen LogP contribution is 2.29. The van der Waals surface area contributed by atoms with E-state index in [4.69, 9.17) is 11.6 Å². The molecule has 6 nitrogen and oxygen atoms in total. The van der Waals surface area contributed by atoms with E-state index in [1.54, 1.807) is 30.6 Å². The van der Waals surface area contributed by atoms with Crippen LogP contribution in [-0.4, -0.2) is 34.4 Å². The molecular formula is C15H13ClN4O2S. The number of aromatic amines is 1. The number of hydrogen-bond acceptors (Lipinski definition) is 4. The minimum absolute atomic E-state index is 0.214. The number of benzene rings is 1. The third-order valence-corrected chi connectivity index (χ3v) is 6.15. The quantitative estimate of drug-likeness (QED) is 0.771. The van der Waals surface area contributed by atoms with Gasteiger partial charge in [0.25, 0.3) is 0 Å². The van der Waals surface area contributed by atoms with E-state index in [-0.39, 0.29) is 4.90 Å². The molecule has 4 rings (SSSR count). The lowest BCUT2D eigenvalue weighted by Crippen LogP contribution is -2.36. The maximum absolute atomic E-state index is 12.8. The van der Waals surface area contributed by atoms with Crippen molar-refractivity contribution in [2.24, 2.45) is 0 Å². The zero-order chi connectivity index (χ0) is 16.0. The largest absolute Gasteiger partial charge is 0.261 e. The normalized spacial score (nSPS) is 15.7. The van der Waals surface area contributed by atoms with Crippen molar-refractivity contribution in [3.63, 3.8) is 0 Å². The van der Waals surface area contributed by atoms with Crippen molar-refractivity contribution in [1.29, 1.82) is 0 Å². The average molecular weight is 349 g/mol. The molecule has 0 saturated heterocycles. The molecule has 0 atom stereocenters. The van der Waals surface area contributed by atoms with Crippen molar-refractivity contribution in [3.05, 3.63) is 52.8 Å². The van der Waals surface area contributed by atoms with Crippen LogP contribution in [0.25, 0.3) is 11.0 Å². The van der Waals surface area contributed by atoms with Gasteiger partial charge < -0.3 is 0 Å². The molecule has 3 aromatic rings. The minimum Gasteiger partial charge on any atom is -0.261 e. The standard InChI is InChI=1S/C15H13ClN4O2S/c16-11-2-1-3-12(6-11)23(21,22)20-5-4-13-10(9-20)7-17-15-14(13)8-18-19-15/h1-3,6-8H,4-5,9H2,(H,17,18,19). The summed E-state index contributed by atoms with van der Waals surface area (Å²) in [7, 11) is -3.57. The Morgan fingerprint density at radius 1 is 1.26 bits per heavy atom. The molecule has 0 fully saturated rings. The van der Waals surface area contributed by atoms with Crippen molar-refractivity contribution in [1.82, 2.24) is 19.5 Å². The molecule has 1 aromatic carbocycles. The van der Waals surface area contributed by atoms with Crippen LogP contribution in [-0.2, 0) is 23.0 Å². The number of nitrogens with one attached hydrogen (secondary N) is 1. The number of H-pyrrole nitrogens is 1. The Labute approximate surface area is 138 Å². The SMILES string of the molecule is O=S(=O)(c1cccc(Cl)c1)N1CCc2c(cnc3[nH]ncc23)C1. The minimum atomic E-state index is -3.57. The highest BCUT2D eigenvalue weighted by molar-refractivity contribution is 7.89. The first-order valence-corrected chi connectivity index (χ1v) is 8.93. The Hall–Kier alpha value is -1.96. The molecule has 1 aliphatic heterocycles. The lowest BCUT2D eigenvalue weighted by molar-refractivity contribution is 0.392. The molecule has 0 spiro atoms. The van der Waals surface area contributed by atoms with E-state index in [0.717, 1.165) is 22.2 Å². The van der Waals surface area contributed by atoms with Crippen molar-refractivity contribution < 1.29 is 8.42 Å². The summed E-state index contributed by atoms with van der Waals surface area (Å²) in [6, 6.07) is 6.34. The molecular weight excluding hydrogens is 336 g/mol. The first kappa shape index (κ1) is 14.6. The second-order valence-corrected chi connectivity index (χ2v) is 7.81. The summed E-state index contributed by atoms with van der Waals surface area (Å²) in [5.41, 5.74) is 2.76. The first-order valence-electron chi connectivity index (χ1n) is 7.11. The zero-order valence-electron chi connectivity index (χ0n) is 12.0. The number of rotatable bonds is 2. The smallest absolute Gasteiger partial charge is 0.243 e. The monoisotopic (exact) mass is 348 g/mol. The molecule has 0 aliphatic carbocycles. The van der Waals surface area contributed by atoms with E-state index in [1.165, 1.54) is 10.4 Å². The summed E-state index contributed by atoms with van der Waals surface area (Å²) in [6.07, 6.45) is 4.09. The van der Waals surface area contributed by atoms with Gasteiger partial charge in [0.2, 0.25) is 10.0 Å². The van der Waals surface area contributed by atoms with E-state index >= 15 is 0 Å². The summed E-state index contributed by atoms with van der Waals surface area (Å²) < 4.78 is 27.0. The van der Waals surface area contributed by atoms with Gasteiger partial charge in [0.1, 0.15) is 0 Å². The fourth-order valence-corrected chi connectivity index (χ4v) is 4.63. The number of sulfonamides is 1. The Balaban J connectivity index is 1.72. The highest BCUT2D eigenvalue weighted by Gasteiger charge is 2.29. The second-order valence-electron chi connectivity index (χ2n) is 5.44. The zero-order valence-corrected chi connectivity index (χ0v) is 13.6. The molecule has 0 amide bonds. The van der Waals surface area contributed by atoms with Gasteiger partial charge >= 0.3 is 0 Å². The van der Waals surface area contributed by atoms with Crippen LogP contribution in [0.4, 0.5) is 0 Å². The van der Waals surface area contributed by atoms with Crippen LogP contribution in [0.1, 0.15) is 11.1 Å². The fourth-order valence-electron chi connectivity index (χ4n) is 2.91. The third kappa shape index (κ3) is 2.41. The second kappa shape index (κ2) is 5.30. The fraction of sp³-hybridized carbons (Fsp3) is 0.200. The van der Waals surface area contributed by atoms with Crippen LogP contribution >= 0.6 is 11.6 Å². The summed E-state index contributed by atoms with van der Waals surface area (Å²) in [5, 5.41) is 8.20. The number of halogens is 1. The van der Waals surface area contributed by atoms with Crippen LogP contribution in [0, 0.1) is 0 Å². The van der Waals surface area contributed by atoms with Crippen LogP contribution in [0.15, 0.2) is 41.6 Å². The van der Waals surface area contributed by atoms with E-state index < -0.39 is 10.0 Å². The molecule has 0 saturated carbocycles. The van der Waals surface area contributed by atoms with Crippen LogP contribution in [0.5, 0.6) is 0 Å². The van der Waals surface area contributed by atoms with E-state index in [2.05, 4.69) is 15.2 Å². The number of hydrogen-bond donors (Lipinski definition) is 1. The van der Waals surface area contributed by atoms with Gasteiger partial charge in [0, 0.05) is 29.7 Å². The average Bonchev–Trinajstić information content (AvgIpc) is 3.03.